The van der Waals surface area contributed by atoms with Crippen LogP contribution in [0.4, 0.5) is 0 Å². The van der Waals surface area contributed by atoms with Crippen molar-refractivity contribution in [1.82, 2.24) is 10.2 Å². The first kappa shape index (κ1) is 11.6. The van der Waals surface area contributed by atoms with E-state index in [1.54, 1.807) is 0 Å². The Labute approximate surface area is 107 Å². The Morgan fingerprint density at radius 3 is 2.88 bits per heavy atom. The Balaban J connectivity index is 2.31. The summed E-state index contributed by atoms with van der Waals surface area (Å²) in [6.45, 7) is 2.03. The maximum atomic E-state index is 5.60. The fourth-order valence-electron chi connectivity index (χ4n) is 1.28. The van der Waals surface area contributed by atoms with Crippen LogP contribution in [0.15, 0.2) is 27.1 Å². The second-order valence-corrected chi connectivity index (χ2v) is 4.64. The molecule has 0 saturated carbocycles. The molecule has 0 spiro atoms. The van der Waals surface area contributed by atoms with Crippen LogP contribution in [0.1, 0.15) is 11.5 Å². The van der Waals surface area contributed by atoms with E-state index in [9.17, 15) is 0 Å². The lowest BCUT2D eigenvalue weighted by molar-refractivity contribution is 0.513. The van der Waals surface area contributed by atoms with Crippen LogP contribution in [0.5, 0.6) is 0 Å². The standard InChI is InChI=1S/C11H10BrClN2O/c1-7-2-3-8(6-9(7)12)11-15-14-10(16-11)4-5-13/h2-3,6H,4-5H2,1H3. The monoisotopic (exact) mass is 300 g/mol. The number of hydrogen-bond acceptors (Lipinski definition) is 3. The van der Waals surface area contributed by atoms with Gasteiger partial charge in [-0.2, -0.15) is 0 Å². The van der Waals surface area contributed by atoms with Crippen molar-refractivity contribution in [2.45, 2.75) is 13.3 Å². The molecule has 0 fully saturated rings. The zero-order valence-corrected chi connectivity index (χ0v) is 11.0. The molecule has 2 aromatic rings. The van der Waals surface area contributed by atoms with Crippen molar-refractivity contribution in [1.29, 1.82) is 0 Å². The van der Waals surface area contributed by atoms with Gasteiger partial charge in [0.1, 0.15) is 0 Å². The number of nitrogens with zero attached hydrogens (tertiary/aromatic N) is 2. The zero-order valence-electron chi connectivity index (χ0n) is 8.70. The highest BCUT2D eigenvalue weighted by Crippen LogP contribution is 2.24. The molecule has 1 aromatic carbocycles. The molecule has 84 valence electrons. The molecule has 0 saturated heterocycles. The molecule has 0 N–H and O–H groups in total. The van der Waals surface area contributed by atoms with E-state index in [4.69, 9.17) is 16.0 Å². The van der Waals surface area contributed by atoms with Gasteiger partial charge in [0.2, 0.25) is 11.8 Å². The topological polar surface area (TPSA) is 38.9 Å². The molecule has 1 heterocycles. The maximum absolute atomic E-state index is 5.60. The molecule has 5 heteroatoms. The van der Waals surface area contributed by atoms with Crippen LogP contribution >= 0.6 is 27.5 Å². The van der Waals surface area contributed by atoms with Crippen LogP contribution < -0.4 is 0 Å². The van der Waals surface area contributed by atoms with Gasteiger partial charge >= 0.3 is 0 Å². The summed E-state index contributed by atoms with van der Waals surface area (Å²) in [4.78, 5) is 0. The van der Waals surface area contributed by atoms with E-state index in [1.807, 2.05) is 25.1 Å². The third kappa shape index (κ3) is 2.44. The first-order valence-electron chi connectivity index (χ1n) is 4.85. The maximum Gasteiger partial charge on any atom is 0.247 e. The summed E-state index contributed by atoms with van der Waals surface area (Å²) >= 11 is 9.07. The van der Waals surface area contributed by atoms with Crippen molar-refractivity contribution in [2.24, 2.45) is 0 Å². The van der Waals surface area contributed by atoms with Gasteiger partial charge < -0.3 is 4.42 Å². The molecule has 0 aliphatic carbocycles. The number of alkyl halides is 1. The highest BCUT2D eigenvalue weighted by molar-refractivity contribution is 9.10. The minimum absolute atomic E-state index is 0.485. The normalized spacial score (nSPS) is 10.7. The van der Waals surface area contributed by atoms with E-state index in [0.29, 0.717) is 24.1 Å². The molecule has 0 bridgehead atoms. The Morgan fingerprint density at radius 2 is 2.19 bits per heavy atom. The average molecular weight is 302 g/mol. The lowest BCUT2D eigenvalue weighted by atomic mass is 10.1. The minimum atomic E-state index is 0.485. The number of benzene rings is 1. The quantitative estimate of drug-likeness (QED) is 0.813. The van der Waals surface area contributed by atoms with Crippen LogP contribution in [0.25, 0.3) is 11.5 Å². The second kappa shape index (κ2) is 4.97. The van der Waals surface area contributed by atoms with Crippen molar-refractivity contribution < 1.29 is 4.42 Å². The Hall–Kier alpha value is -0.870. The van der Waals surface area contributed by atoms with Crippen molar-refractivity contribution in [2.75, 3.05) is 5.88 Å². The van der Waals surface area contributed by atoms with Gasteiger partial charge in [-0.05, 0) is 24.6 Å². The minimum Gasteiger partial charge on any atom is -0.421 e. The summed E-state index contributed by atoms with van der Waals surface area (Å²) in [5.74, 6) is 1.58. The molecule has 1 aromatic heterocycles. The molecule has 0 aliphatic heterocycles. The first-order valence-corrected chi connectivity index (χ1v) is 6.18. The van der Waals surface area contributed by atoms with Gasteiger partial charge in [0.25, 0.3) is 0 Å². The van der Waals surface area contributed by atoms with Gasteiger partial charge in [0, 0.05) is 22.3 Å². The molecule has 0 radical (unpaired) electrons. The van der Waals surface area contributed by atoms with E-state index in [2.05, 4.69) is 26.1 Å². The summed E-state index contributed by atoms with van der Waals surface area (Å²) < 4.78 is 6.51. The van der Waals surface area contributed by atoms with Crippen LogP contribution in [0.3, 0.4) is 0 Å². The van der Waals surface area contributed by atoms with E-state index in [1.165, 1.54) is 5.56 Å². The highest BCUT2D eigenvalue weighted by Gasteiger charge is 2.08. The van der Waals surface area contributed by atoms with Gasteiger partial charge in [0.05, 0.1) is 0 Å². The smallest absolute Gasteiger partial charge is 0.247 e. The first-order chi connectivity index (χ1) is 7.70. The predicted molar refractivity (Wildman–Crippen MR) is 66.6 cm³/mol. The molecule has 2 rings (SSSR count). The number of aromatic nitrogens is 2. The average Bonchev–Trinajstić information content (AvgIpc) is 2.71. The molecule has 0 atom stereocenters. The van der Waals surface area contributed by atoms with Gasteiger partial charge in [-0.1, -0.05) is 22.0 Å². The van der Waals surface area contributed by atoms with Crippen LogP contribution in [-0.4, -0.2) is 16.1 Å². The predicted octanol–water partition coefficient (Wildman–Crippen LogP) is 3.59. The summed E-state index contributed by atoms with van der Waals surface area (Å²) in [5.41, 5.74) is 2.08. The molecular weight excluding hydrogens is 291 g/mol. The lowest BCUT2D eigenvalue weighted by Gasteiger charge is -1.99. The molecule has 0 unspecified atom stereocenters. The van der Waals surface area contributed by atoms with Gasteiger partial charge in [-0.3, -0.25) is 0 Å². The zero-order chi connectivity index (χ0) is 11.5. The number of aryl methyl sites for hydroxylation is 2. The summed E-state index contributed by atoms with van der Waals surface area (Å²) in [7, 11) is 0. The van der Waals surface area contributed by atoms with Gasteiger partial charge in [-0.15, -0.1) is 21.8 Å². The number of hydrogen-bond donors (Lipinski definition) is 0. The molecule has 0 aliphatic rings. The van der Waals surface area contributed by atoms with Crippen molar-refractivity contribution in [3.63, 3.8) is 0 Å². The van der Waals surface area contributed by atoms with Crippen molar-refractivity contribution in [3.05, 3.63) is 34.1 Å². The largest absolute Gasteiger partial charge is 0.421 e. The highest BCUT2D eigenvalue weighted by atomic mass is 79.9. The Kier molecular flexibility index (Phi) is 3.61. The van der Waals surface area contributed by atoms with Crippen LogP contribution in [0, 0.1) is 6.92 Å². The second-order valence-electron chi connectivity index (χ2n) is 3.40. The molecule has 16 heavy (non-hydrogen) atoms. The Morgan fingerprint density at radius 1 is 1.38 bits per heavy atom. The SMILES string of the molecule is Cc1ccc(-c2nnc(CCCl)o2)cc1Br. The fourth-order valence-corrected chi connectivity index (χ4v) is 1.82. The molecule has 0 amide bonds. The fraction of sp³-hybridized carbons (Fsp3) is 0.273. The third-order valence-electron chi connectivity index (χ3n) is 2.19. The summed E-state index contributed by atoms with van der Waals surface area (Å²) in [6.07, 6.45) is 0.599. The lowest BCUT2D eigenvalue weighted by Crippen LogP contribution is -1.84. The van der Waals surface area contributed by atoms with Gasteiger partial charge in [-0.25, -0.2) is 0 Å². The molecular formula is C11H10BrClN2O. The molecule has 3 nitrogen and oxygen atoms in total. The van der Waals surface area contributed by atoms with Crippen LogP contribution in [0.2, 0.25) is 0 Å². The van der Waals surface area contributed by atoms with E-state index in [-0.39, 0.29) is 0 Å². The third-order valence-corrected chi connectivity index (χ3v) is 3.24. The van der Waals surface area contributed by atoms with Crippen LogP contribution in [-0.2, 0) is 6.42 Å². The van der Waals surface area contributed by atoms with E-state index in [0.717, 1.165) is 10.0 Å². The Bertz CT molecular complexity index is 498. The summed E-state index contributed by atoms with van der Waals surface area (Å²) in [6, 6.07) is 5.93. The van der Waals surface area contributed by atoms with Crippen molar-refractivity contribution in [3.8, 4) is 11.5 Å². The number of rotatable bonds is 3. The van der Waals surface area contributed by atoms with Gasteiger partial charge in [0.15, 0.2) is 0 Å². The van der Waals surface area contributed by atoms with Crippen molar-refractivity contribution >= 4 is 27.5 Å². The van der Waals surface area contributed by atoms with E-state index >= 15 is 0 Å². The van der Waals surface area contributed by atoms with E-state index < -0.39 is 0 Å². The number of halogens is 2. The summed E-state index contributed by atoms with van der Waals surface area (Å²) in [5, 5.41) is 7.90.